The lowest BCUT2D eigenvalue weighted by molar-refractivity contribution is -0.121. The Hall–Kier alpha value is -3.24. The summed E-state index contributed by atoms with van der Waals surface area (Å²) < 4.78 is 13.3. The average molecular weight is 409 g/mol. The van der Waals surface area contributed by atoms with Crippen molar-refractivity contribution in [2.24, 2.45) is 0 Å². The van der Waals surface area contributed by atoms with E-state index in [1.807, 2.05) is 23.6 Å². The molecule has 5 nitrogen and oxygen atoms in total. The Morgan fingerprint density at radius 1 is 1.28 bits per heavy atom. The highest BCUT2D eigenvalue weighted by molar-refractivity contribution is 7.10. The number of nitrogens with zero attached hydrogens (tertiary/aromatic N) is 1. The molecule has 0 saturated heterocycles. The van der Waals surface area contributed by atoms with Gasteiger partial charge in [-0.2, -0.15) is 5.26 Å². The minimum atomic E-state index is -0.412. The van der Waals surface area contributed by atoms with Crippen molar-refractivity contribution in [2.45, 2.75) is 32.7 Å². The van der Waals surface area contributed by atoms with Gasteiger partial charge in [-0.3, -0.25) is 9.59 Å². The maximum Gasteiger partial charge on any atom is 0.266 e. The van der Waals surface area contributed by atoms with Gasteiger partial charge in [0.15, 0.2) is 0 Å². The van der Waals surface area contributed by atoms with Gasteiger partial charge in [0.2, 0.25) is 5.91 Å². The normalized spacial score (nSPS) is 11.7. The van der Waals surface area contributed by atoms with Crippen molar-refractivity contribution in [1.29, 1.82) is 5.26 Å². The second kappa shape index (κ2) is 8.84. The topological polar surface area (TPSA) is 85.8 Å². The molecule has 2 N–H and O–H groups in total. The van der Waals surface area contributed by atoms with Crippen LogP contribution in [0, 0.1) is 31.0 Å². The van der Waals surface area contributed by atoms with Crippen LogP contribution in [0.1, 0.15) is 45.3 Å². The van der Waals surface area contributed by atoms with Gasteiger partial charge in [0.25, 0.3) is 5.56 Å². The number of halogens is 1. The summed E-state index contributed by atoms with van der Waals surface area (Å²) in [6, 6.07) is 11.5. The summed E-state index contributed by atoms with van der Waals surface area (Å²) in [5.74, 6) is -0.501. The zero-order valence-electron chi connectivity index (χ0n) is 16.1. The summed E-state index contributed by atoms with van der Waals surface area (Å²) in [7, 11) is 0. The van der Waals surface area contributed by atoms with E-state index in [1.54, 1.807) is 26.0 Å². The third-order valence-corrected chi connectivity index (χ3v) is 5.80. The Morgan fingerprint density at radius 2 is 2.00 bits per heavy atom. The Morgan fingerprint density at radius 3 is 2.62 bits per heavy atom. The van der Waals surface area contributed by atoms with Crippen LogP contribution in [-0.2, 0) is 11.2 Å². The van der Waals surface area contributed by atoms with Gasteiger partial charge in [0.1, 0.15) is 17.4 Å². The molecule has 0 aliphatic carbocycles. The first-order valence-corrected chi connectivity index (χ1v) is 9.99. The zero-order valence-corrected chi connectivity index (χ0v) is 16.9. The first kappa shape index (κ1) is 20.5. The predicted octanol–water partition coefficient (Wildman–Crippen LogP) is 3.90. The molecule has 0 radical (unpaired) electrons. The molecule has 2 aromatic heterocycles. The molecule has 1 atom stereocenters. The minimum Gasteiger partial charge on any atom is -0.344 e. The minimum absolute atomic E-state index is 0.0776. The van der Waals surface area contributed by atoms with Crippen molar-refractivity contribution >= 4 is 17.2 Å². The summed E-state index contributed by atoms with van der Waals surface area (Å²) in [6.45, 7) is 3.48. The predicted molar refractivity (Wildman–Crippen MR) is 110 cm³/mol. The number of hydrogen-bond acceptors (Lipinski definition) is 4. The van der Waals surface area contributed by atoms with E-state index in [2.05, 4.69) is 10.3 Å². The Labute approximate surface area is 171 Å². The zero-order chi connectivity index (χ0) is 21.0. The summed E-state index contributed by atoms with van der Waals surface area (Å²) in [4.78, 5) is 28.2. The maximum absolute atomic E-state index is 13.3. The number of nitrogens with one attached hydrogen (secondary N) is 2. The van der Waals surface area contributed by atoms with E-state index in [9.17, 15) is 19.2 Å². The number of nitriles is 1. The third-order valence-electron chi connectivity index (χ3n) is 4.86. The molecule has 3 rings (SSSR count). The van der Waals surface area contributed by atoms with Gasteiger partial charge in [-0.15, -0.1) is 11.3 Å². The largest absolute Gasteiger partial charge is 0.344 e. The Balaban J connectivity index is 1.78. The van der Waals surface area contributed by atoms with Crippen molar-refractivity contribution in [3.63, 3.8) is 0 Å². The number of pyridine rings is 1. The van der Waals surface area contributed by atoms with Crippen molar-refractivity contribution in [1.82, 2.24) is 10.3 Å². The average Bonchev–Trinajstić information content (AvgIpc) is 3.21. The standard InChI is InChI=1S/C22H20FN3O2S/c1-13-17(14(2)25-22(28)18(13)12-24)9-10-20(27)26-21(19-4-3-11-29-19)15-5-7-16(23)8-6-15/h3-8,11,21H,9-10H2,1-2H3,(H,25,28)(H,26,27). The second-order valence-electron chi connectivity index (χ2n) is 6.74. The molecule has 0 spiro atoms. The van der Waals surface area contributed by atoms with E-state index < -0.39 is 5.56 Å². The van der Waals surface area contributed by atoms with Gasteiger partial charge in [-0.1, -0.05) is 18.2 Å². The first-order chi connectivity index (χ1) is 13.9. The molecule has 148 valence electrons. The molecule has 1 aromatic carbocycles. The molecular formula is C22H20FN3O2S. The molecule has 1 unspecified atom stereocenters. The number of aryl methyl sites for hydroxylation is 1. The molecule has 1 amide bonds. The van der Waals surface area contributed by atoms with Crippen LogP contribution in [-0.4, -0.2) is 10.9 Å². The number of aromatic nitrogens is 1. The fraction of sp³-hybridized carbons (Fsp3) is 0.227. The molecule has 29 heavy (non-hydrogen) atoms. The van der Waals surface area contributed by atoms with Crippen LogP contribution in [0.15, 0.2) is 46.6 Å². The van der Waals surface area contributed by atoms with Crippen LogP contribution >= 0.6 is 11.3 Å². The van der Waals surface area contributed by atoms with Crippen LogP contribution in [0.25, 0.3) is 0 Å². The Kier molecular flexibility index (Phi) is 6.25. The highest BCUT2D eigenvalue weighted by Gasteiger charge is 2.19. The van der Waals surface area contributed by atoms with E-state index >= 15 is 0 Å². The smallest absolute Gasteiger partial charge is 0.266 e. The molecule has 0 aliphatic heterocycles. The summed E-state index contributed by atoms with van der Waals surface area (Å²) in [5.41, 5.74) is 2.53. The lowest BCUT2D eigenvalue weighted by atomic mass is 9.98. The number of carbonyl (C=O) groups is 1. The summed E-state index contributed by atoms with van der Waals surface area (Å²) in [6.07, 6.45) is 0.594. The third kappa shape index (κ3) is 4.61. The van der Waals surface area contributed by atoms with Gasteiger partial charge in [-0.05, 0) is 60.5 Å². The fourth-order valence-corrected chi connectivity index (χ4v) is 4.12. The molecule has 3 aromatic rings. The number of H-pyrrole nitrogens is 1. The SMILES string of the molecule is Cc1[nH]c(=O)c(C#N)c(C)c1CCC(=O)NC(c1ccc(F)cc1)c1cccs1. The molecule has 0 aliphatic rings. The number of benzene rings is 1. The second-order valence-corrected chi connectivity index (χ2v) is 7.72. The van der Waals surface area contributed by atoms with Crippen molar-refractivity contribution in [3.8, 4) is 6.07 Å². The molecule has 0 bridgehead atoms. The molecule has 2 heterocycles. The van der Waals surface area contributed by atoms with Gasteiger partial charge >= 0.3 is 0 Å². The van der Waals surface area contributed by atoms with Gasteiger partial charge < -0.3 is 10.3 Å². The van der Waals surface area contributed by atoms with Crippen LogP contribution in [0.5, 0.6) is 0 Å². The molecule has 0 fully saturated rings. The van der Waals surface area contributed by atoms with Crippen molar-refractivity contribution in [3.05, 3.63) is 90.8 Å². The fourth-order valence-electron chi connectivity index (χ4n) is 3.32. The van der Waals surface area contributed by atoms with E-state index in [0.717, 1.165) is 16.0 Å². The first-order valence-electron chi connectivity index (χ1n) is 9.11. The van der Waals surface area contributed by atoms with E-state index in [-0.39, 0.29) is 29.8 Å². The highest BCUT2D eigenvalue weighted by Crippen LogP contribution is 2.26. The van der Waals surface area contributed by atoms with Crippen LogP contribution in [0.4, 0.5) is 4.39 Å². The van der Waals surface area contributed by atoms with Crippen LogP contribution < -0.4 is 10.9 Å². The van der Waals surface area contributed by atoms with E-state index in [1.165, 1.54) is 23.5 Å². The lowest BCUT2D eigenvalue weighted by Crippen LogP contribution is -2.29. The van der Waals surface area contributed by atoms with Gasteiger partial charge in [-0.25, -0.2) is 4.39 Å². The molecular weight excluding hydrogens is 389 g/mol. The highest BCUT2D eigenvalue weighted by atomic mass is 32.1. The van der Waals surface area contributed by atoms with Crippen LogP contribution in [0.3, 0.4) is 0 Å². The Bertz CT molecular complexity index is 1110. The van der Waals surface area contributed by atoms with Gasteiger partial charge in [0, 0.05) is 17.0 Å². The number of thiophene rings is 1. The molecule has 0 saturated carbocycles. The number of amides is 1. The number of aromatic amines is 1. The molecule has 7 heteroatoms. The number of hydrogen-bond donors (Lipinski definition) is 2. The van der Waals surface area contributed by atoms with Crippen molar-refractivity contribution in [2.75, 3.05) is 0 Å². The number of carbonyl (C=O) groups excluding carboxylic acids is 1. The van der Waals surface area contributed by atoms with Crippen LogP contribution in [0.2, 0.25) is 0 Å². The monoisotopic (exact) mass is 409 g/mol. The lowest BCUT2D eigenvalue weighted by Gasteiger charge is -2.19. The van der Waals surface area contributed by atoms with E-state index in [0.29, 0.717) is 17.7 Å². The van der Waals surface area contributed by atoms with Gasteiger partial charge in [0.05, 0.1) is 6.04 Å². The number of rotatable bonds is 6. The maximum atomic E-state index is 13.3. The van der Waals surface area contributed by atoms with E-state index in [4.69, 9.17) is 0 Å². The van der Waals surface area contributed by atoms with Crippen molar-refractivity contribution < 1.29 is 9.18 Å². The summed E-state index contributed by atoms with van der Waals surface area (Å²) >= 11 is 1.51. The quantitative estimate of drug-likeness (QED) is 0.647. The summed E-state index contributed by atoms with van der Waals surface area (Å²) in [5, 5.41) is 14.1.